The third kappa shape index (κ3) is 3.45. The van der Waals surface area contributed by atoms with Crippen molar-refractivity contribution >= 4 is 17.5 Å². The molecule has 1 aliphatic heterocycles. The number of methoxy groups -OCH3 is 2. The minimum absolute atomic E-state index is 0.158. The maximum atomic E-state index is 13.4. The molecule has 6 nitrogen and oxygen atoms in total. The van der Waals surface area contributed by atoms with Gasteiger partial charge in [0.05, 0.1) is 14.2 Å². The summed E-state index contributed by atoms with van der Waals surface area (Å²) in [6.45, 7) is 4.34. The third-order valence-electron chi connectivity index (χ3n) is 4.93. The lowest BCUT2D eigenvalue weighted by Gasteiger charge is -2.31. The number of nitrogens with zero attached hydrogens (tertiary/aromatic N) is 1. The largest absolute Gasteiger partial charge is 0.493 e. The first-order valence-corrected chi connectivity index (χ1v) is 9.11. The Labute approximate surface area is 164 Å². The lowest BCUT2D eigenvalue weighted by atomic mass is 9.95. The molecule has 3 rings (SSSR count). The summed E-state index contributed by atoms with van der Waals surface area (Å²) in [5.41, 5.74) is 8.84. The first-order valence-electron chi connectivity index (χ1n) is 9.11. The zero-order valence-corrected chi connectivity index (χ0v) is 16.2. The Bertz CT molecular complexity index is 936. The maximum absolute atomic E-state index is 13.4. The van der Waals surface area contributed by atoms with Crippen LogP contribution in [0.25, 0.3) is 0 Å². The molecule has 0 aliphatic carbocycles. The van der Waals surface area contributed by atoms with Crippen molar-refractivity contribution in [3.8, 4) is 11.5 Å². The number of carbonyl (C=O) groups excluding carboxylic acids is 2. The predicted molar refractivity (Wildman–Crippen MR) is 108 cm³/mol. The molecule has 0 saturated carbocycles. The first-order chi connectivity index (χ1) is 13.5. The van der Waals surface area contributed by atoms with E-state index in [0.29, 0.717) is 42.0 Å². The van der Waals surface area contributed by atoms with Crippen molar-refractivity contribution in [2.75, 3.05) is 25.7 Å². The van der Waals surface area contributed by atoms with Crippen molar-refractivity contribution in [1.29, 1.82) is 0 Å². The lowest BCUT2D eigenvalue weighted by molar-refractivity contribution is 0.0977. The number of amides is 2. The number of carbonyl (C=O) groups is 2. The van der Waals surface area contributed by atoms with Crippen LogP contribution in [0, 0.1) is 0 Å². The molecular formula is C22H24N2O4. The SMILES string of the molecule is C=CCc1cc(C(=O)N2CCCc3c(C(N)=O)cccc32)cc(OC)c1OC. The number of hydrogen-bond donors (Lipinski definition) is 1. The van der Waals surface area contributed by atoms with Gasteiger partial charge in [-0.2, -0.15) is 0 Å². The number of anilines is 1. The highest BCUT2D eigenvalue weighted by Crippen LogP contribution is 2.35. The summed E-state index contributed by atoms with van der Waals surface area (Å²) in [6, 6.07) is 8.79. The van der Waals surface area contributed by atoms with Gasteiger partial charge >= 0.3 is 0 Å². The van der Waals surface area contributed by atoms with Crippen molar-refractivity contribution < 1.29 is 19.1 Å². The highest BCUT2D eigenvalue weighted by atomic mass is 16.5. The predicted octanol–water partition coefficient (Wildman–Crippen LogP) is 3.12. The van der Waals surface area contributed by atoms with Crippen molar-refractivity contribution in [2.24, 2.45) is 5.73 Å². The van der Waals surface area contributed by atoms with Crippen molar-refractivity contribution in [2.45, 2.75) is 19.3 Å². The van der Waals surface area contributed by atoms with Gasteiger partial charge in [0.25, 0.3) is 5.91 Å². The van der Waals surface area contributed by atoms with Crippen LogP contribution in [0.5, 0.6) is 11.5 Å². The average Bonchev–Trinajstić information content (AvgIpc) is 2.71. The van der Waals surface area contributed by atoms with E-state index in [9.17, 15) is 9.59 Å². The molecule has 6 heteroatoms. The smallest absolute Gasteiger partial charge is 0.258 e. The van der Waals surface area contributed by atoms with Crippen LogP contribution < -0.4 is 20.1 Å². The summed E-state index contributed by atoms with van der Waals surface area (Å²) in [5, 5.41) is 0. The van der Waals surface area contributed by atoms with Crippen LogP contribution in [0.1, 0.15) is 38.3 Å². The molecule has 0 radical (unpaired) electrons. The molecule has 2 aromatic rings. The molecule has 0 saturated heterocycles. The number of fused-ring (bicyclic) bond motifs is 1. The Morgan fingerprint density at radius 1 is 1.25 bits per heavy atom. The normalized spacial score (nSPS) is 12.9. The summed E-state index contributed by atoms with van der Waals surface area (Å²) >= 11 is 0. The van der Waals surface area contributed by atoms with Crippen LogP contribution in [-0.4, -0.2) is 32.6 Å². The zero-order valence-electron chi connectivity index (χ0n) is 16.2. The molecule has 2 N–H and O–H groups in total. The van der Waals surface area contributed by atoms with E-state index >= 15 is 0 Å². The second kappa shape index (κ2) is 8.17. The minimum Gasteiger partial charge on any atom is -0.493 e. The van der Waals surface area contributed by atoms with Crippen LogP contribution in [0.2, 0.25) is 0 Å². The second-order valence-corrected chi connectivity index (χ2v) is 6.59. The molecule has 1 heterocycles. The van der Waals surface area contributed by atoms with Gasteiger partial charge in [0.15, 0.2) is 11.5 Å². The van der Waals surface area contributed by atoms with E-state index < -0.39 is 5.91 Å². The van der Waals surface area contributed by atoms with Gasteiger partial charge in [-0.15, -0.1) is 6.58 Å². The Hall–Kier alpha value is -3.28. The molecule has 2 amide bonds. The average molecular weight is 380 g/mol. The van der Waals surface area contributed by atoms with E-state index in [1.54, 1.807) is 49.5 Å². The fourth-order valence-corrected chi connectivity index (χ4v) is 3.70. The monoisotopic (exact) mass is 380 g/mol. The van der Waals surface area contributed by atoms with Gasteiger partial charge in [0, 0.05) is 28.9 Å². The molecule has 1 aliphatic rings. The summed E-state index contributed by atoms with van der Waals surface area (Å²) in [7, 11) is 3.11. The quantitative estimate of drug-likeness (QED) is 0.781. The Kier molecular flexibility index (Phi) is 5.68. The molecule has 0 unspecified atom stereocenters. The van der Waals surface area contributed by atoms with Crippen molar-refractivity contribution in [1.82, 2.24) is 0 Å². The fourth-order valence-electron chi connectivity index (χ4n) is 3.70. The molecule has 0 fully saturated rings. The van der Waals surface area contributed by atoms with E-state index in [-0.39, 0.29) is 5.91 Å². The van der Waals surface area contributed by atoms with Gasteiger partial charge < -0.3 is 20.1 Å². The van der Waals surface area contributed by atoms with Crippen molar-refractivity contribution in [3.63, 3.8) is 0 Å². The van der Waals surface area contributed by atoms with Crippen LogP contribution in [0.4, 0.5) is 5.69 Å². The van der Waals surface area contributed by atoms with Gasteiger partial charge in [0.2, 0.25) is 5.91 Å². The molecule has 28 heavy (non-hydrogen) atoms. The van der Waals surface area contributed by atoms with E-state index in [4.69, 9.17) is 15.2 Å². The van der Waals surface area contributed by atoms with E-state index in [2.05, 4.69) is 6.58 Å². The van der Waals surface area contributed by atoms with Gasteiger partial charge in [-0.05, 0) is 49.1 Å². The number of ether oxygens (including phenoxy) is 2. The van der Waals surface area contributed by atoms with Gasteiger partial charge in [0.1, 0.15) is 0 Å². The van der Waals surface area contributed by atoms with Crippen LogP contribution >= 0.6 is 0 Å². The number of primary amides is 1. The molecule has 146 valence electrons. The third-order valence-corrected chi connectivity index (χ3v) is 4.93. The van der Waals surface area contributed by atoms with Gasteiger partial charge in [-0.25, -0.2) is 0 Å². The molecular weight excluding hydrogens is 356 g/mol. The van der Waals surface area contributed by atoms with Gasteiger partial charge in [-0.3, -0.25) is 9.59 Å². The van der Waals surface area contributed by atoms with Gasteiger partial charge in [-0.1, -0.05) is 12.1 Å². The summed E-state index contributed by atoms with van der Waals surface area (Å²) < 4.78 is 10.9. The molecule has 2 aromatic carbocycles. The number of allylic oxidation sites excluding steroid dienone is 1. The number of benzene rings is 2. The summed E-state index contributed by atoms with van der Waals surface area (Å²) in [4.78, 5) is 26.8. The Balaban J connectivity index is 2.07. The fraction of sp³-hybridized carbons (Fsp3) is 0.273. The second-order valence-electron chi connectivity index (χ2n) is 6.59. The minimum atomic E-state index is -0.481. The summed E-state index contributed by atoms with van der Waals surface area (Å²) in [5.74, 6) is 0.446. The van der Waals surface area contributed by atoms with E-state index in [1.807, 2.05) is 6.07 Å². The standard InChI is InChI=1S/C22H24N2O4/c1-4-7-14-12-15(13-19(27-2)20(14)28-3)22(26)24-11-6-9-16-17(21(23)25)8-5-10-18(16)24/h4-5,8,10,12-13H,1,6-7,9,11H2,2-3H3,(H2,23,25). The van der Waals surface area contributed by atoms with Crippen LogP contribution in [-0.2, 0) is 12.8 Å². The summed E-state index contributed by atoms with van der Waals surface area (Å²) in [6.07, 6.45) is 3.77. The number of hydrogen-bond acceptors (Lipinski definition) is 4. The van der Waals surface area contributed by atoms with Crippen LogP contribution in [0.15, 0.2) is 43.0 Å². The molecule has 0 spiro atoms. The van der Waals surface area contributed by atoms with E-state index in [0.717, 1.165) is 23.2 Å². The molecule has 0 atom stereocenters. The topological polar surface area (TPSA) is 81.9 Å². The number of rotatable bonds is 6. The zero-order chi connectivity index (χ0) is 20.3. The highest BCUT2D eigenvalue weighted by molar-refractivity contribution is 6.08. The number of nitrogens with two attached hydrogens (primary N) is 1. The first kappa shape index (κ1) is 19.5. The van der Waals surface area contributed by atoms with E-state index in [1.165, 1.54) is 0 Å². The maximum Gasteiger partial charge on any atom is 0.258 e. The lowest BCUT2D eigenvalue weighted by Crippen LogP contribution is -2.36. The molecule has 0 bridgehead atoms. The molecule has 0 aromatic heterocycles. The van der Waals surface area contributed by atoms with Crippen molar-refractivity contribution in [3.05, 3.63) is 65.2 Å². The Morgan fingerprint density at radius 2 is 2.04 bits per heavy atom. The Morgan fingerprint density at radius 3 is 2.68 bits per heavy atom. The highest BCUT2D eigenvalue weighted by Gasteiger charge is 2.27. The van der Waals surface area contributed by atoms with Crippen LogP contribution in [0.3, 0.4) is 0 Å².